The number of phenolic OH excluding ortho intramolecular Hbond substituents is 1. The fraction of sp³-hybridized carbons (Fsp3) is 0.167. The summed E-state index contributed by atoms with van der Waals surface area (Å²) in [5.41, 5.74) is 1.49. The van der Waals surface area contributed by atoms with Crippen LogP contribution in [0.4, 0.5) is 13.2 Å². The van der Waals surface area contributed by atoms with Gasteiger partial charge in [-0.05, 0) is 12.1 Å². The molecule has 0 radical (unpaired) electrons. The van der Waals surface area contributed by atoms with E-state index in [1.807, 2.05) is 6.07 Å². The molecule has 0 bridgehead atoms. The van der Waals surface area contributed by atoms with Crippen molar-refractivity contribution < 1.29 is 23.0 Å². The minimum Gasteiger partial charge on any atom is -0.507 e. The summed E-state index contributed by atoms with van der Waals surface area (Å²) in [5.74, 6) is 1.73. The molecular formula is C18H18BF3O2. The van der Waals surface area contributed by atoms with E-state index in [0.717, 1.165) is 23.1 Å². The molecule has 0 saturated heterocycles. The van der Waals surface area contributed by atoms with E-state index in [-0.39, 0.29) is 5.75 Å². The molecule has 1 aromatic heterocycles. The maximum atomic E-state index is 12.1. The van der Waals surface area contributed by atoms with E-state index in [2.05, 4.69) is 13.2 Å². The Balaban J connectivity index is 0.000000243. The average molecular weight is 334 g/mol. The Hall–Kier alpha value is -2.50. The molecule has 0 aliphatic rings. The van der Waals surface area contributed by atoms with Gasteiger partial charge in [0.25, 0.3) is 0 Å². The van der Waals surface area contributed by atoms with Crippen LogP contribution < -0.4 is 0 Å². The van der Waals surface area contributed by atoms with Crippen molar-refractivity contribution in [3.63, 3.8) is 0 Å². The van der Waals surface area contributed by atoms with E-state index in [4.69, 9.17) is 4.74 Å². The zero-order valence-corrected chi connectivity index (χ0v) is 13.5. The summed E-state index contributed by atoms with van der Waals surface area (Å²) >= 11 is 0. The maximum Gasteiger partial charge on any atom is 0.126 e. The van der Waals surface area contributed by atoms with Crippen LogP contribution in [0.5, 0.6) is 5.75 Å². The summed E-state index contributed by atoms with van der Waals surface area (Å²) < 4.78 is 41.2. The SMILES string of the molecule is C=C(C)c1bcc(C(F)(F)F)cc1.C=C(OC)c1ccccc1O. The van der Waals surface area contributed by atoms with E-state index in [9.17, 15) is 18.3 Å². The number of halogens is 3. The molecular weight excluding hydrogens is 316 g/mol. The molecule has 2 nitrogen and oxygen atoms in total. The van der Waals surface area contributed by atoms with Crippen LogP contribution in [0.25, 0.3) is 11.3 Å². The molecule has 1 heterocycles. The largest absolute Gasteiger partial charge is 0.507 e. The van der Waals surface area contributed by atoms with Crippen LogP contribution in [0.3, 0.4) is 0 Å². The molecule has 2 rings (SSSR count). The van der Waals surface area contributed by atoms with Crippen molar-refractivity contribution in [2.45, 2.75) is 13.1 Å². The van der Waals surface area contributed by atoms with Gasteiger partial charge in [-0.15, -0.1) is 0 Å². The predicted octanol–water partition coefficient (Wildman–Crippen LogP) is 5.09. The zero-order valence-electron chi connectivity index (χ0n) is 13.5. The number of para-hydroxylation sites is 1. The van der Waals surface area contributed by atoms with Crippen LogP contribution in [-0.2, 0) is 10.9 Å². The minimum atomic E-state index is -4.26. The van der Waals surface area contributed by atoms with E-state index in [1.165, 1.54) is 20.1 Å². The summed E-state index contributed by atoms with van der Waals surface area (Å²) in [5, 5.41) is 9.27. The molecule has 0 amide bonds. The molecule has 6 heteroatoms. The summed E-state index contributed by atoms with van der Waals surface area (Å²) in [6.45, 7) is 10.4. The number of phenols is 1. The van der Waals surface area contributed by atoms with Crippen molar-refractivity contribution in [2.75, 3.05) is 7.11 Å². The first-order valence-electron chi connectivity index (χ1n) is 7.01. The zero-order chi connectivity index (χ0) is 18.3. The van der Waals surface area contributed by atoms with Gasteiger partial charge in [-0.3, -0.25) is 0 Å². The van der Waals surface area contributed by atoms with E-state index < -0.39 is 11.7 Å². The van der Waals surface area contributed by atoms with Crippen LogP contribution in [0.2, 0.25) is 0 Å². The molecule has 0 aliphatic carbocycles. The third-order valence-corrected chi connectivity index (χ3v) is 3.16. The van der Waals surface area contributed by atoms with Gasteiger partial charge >= 0.3 is 74.5 Å². The summed E-state index contributed by atoms with van der Waals surface area (Å²) in [4.78, 5) is 0. The average Bonchev–Trinajstić information content (AvgIpc) is 2.54. The van der Waals surface area contributed by atoms with Gasteiger partial charge in [0.15, 0.2) is 0 Å². The number of rotatable bonds is 3. The first-order valence-corrected chi connectivity index (χ1v) is 7.01. The second kappa shape index (κ2) is 8.38. The van der Waals surface area contributed by atoms with Gasteiger partial charge in [0, 0.05) is 0 Å². The predicted molar refractivity (Wildman–Crippen MR) is 91.6 cm³/mol. The third-order valence-electron chi connectivity index (χ3n) is 3.16. The van der Waals surface area contributed by atoms with E-state index in [1.54, 1.807) is 25.1 Å². The number of hydrogen-bond donors (Lipinski definition) is 1. The normalized spacial score (nSPS) is 10.2. The molecule has 126 valence electrons. The quantitative estimate of drug-likeness (QED) is 0.793. The topological polar surface area (TPSA) is 29.5 Å². The van der Waals surface area contributed by atoms with Crippen molar-refractivity contribution in [3.05, 3.63) is 72.1 Å². The molecule has 0 saturated carbocycles. The van der Waals surface area contributed by atoms with Crippen LogP contribution in [0.15, 0.2) is 55.5 Å². The van der Waals surface area contributed by atoms with Crippen molar-refractivity contribution in [2.24, 2.45) is 0 Å². The van der Waals surface area contributed by atoms with Crippen molar-refractivity contribution in [1.29, 1.82) is 0 Å². The van der Waals surface area contributed by atoms with Crippen LogP contribution in [-0.4, -0.2) is 19.1 Å². The Bertz CT molecular complexity index is 707. The first kappa shape index (κ1) is 19.6. The van der Waals surface area contributed by atoms with Gasteiger partial charge in [0.05, 0.1) is 12.7 Å². The fourth-order valence-electron chi connectivity index (χ4n) is 1.76. The Morgan fingerprint density at radius 2 is 1.75 bits per heavy atom. The molecule has 1 aromatic carbocycles. The van der Waals surface area contributed by atoms with Gasteiger partial charge in [0.1, 0.15) is 11.5 Å². The number of hydrogen-bond acceptors (Lipinski definition) is 2. The molecule has 0 unspecified atom stereocenters. The van der Waals surface area contributed by atoms with E-state index in [0.29, 0.717) is 11.3 Å². The minimum absolute atomic E-state index is 0.194. The number of allylic oxidation sites excluding steroid dienone is 1. The van der Waals surface area contributed by atoms with Crippen molar-refractivity contribution in [1.82, 2.24) is 0 Å². The maximum absolute atomic E-state index is 12.1. The second-order valence-corrected chi connectivity index (χ2v) is 5.00. The smallest absolute Gasteiger partial charge is 0.126 e. The number of aromatic hydroxyl groups is 1. The number of benzene rings is 1. The molecule has 0 fully saturated rings. The van der Waals surface area contributed by atoms with Crippen molar-refractivity contribution in [3.8, 4) is 5.75 Å². The van der Waals surface area contributed by atoms with Crippen LogP contribution in [0.1, 0.15) is 23.5 Å². The third kappa shape index (κ3) is 5.61. The van der Waals surface area contributed by atoms with Gasteiger partial charge < -0.3 is 9.84 Å². The standard InChI is InChI=1S/C9H8BF3.C9H10O2/c1-6(2)8-4-3-7(5-10-8)9(11,12)13;1-7(11-2)8-5-3-4-6-9(8)10/h3-5H,1H2,2H3;3-6,10H,1H2,2H3. The number of ether oxygens (including phenoxy) is 1. The second-order valence-electron chi connectivity index (χ2n) is 5.00. The van der Waals surface area contributed by atoms with Crippen molar-refractivity contribution >= 4 is 18.2 Å². The van der Waals surface area contributed by atoms with E-state index >= 15 is 0 Å². The fourth-order valence-corrected chi connectivity index (χ4v) is 1.76. The molecule has 0 aliphatic heterocycles. The summed E-state index contributed by atoms with van der Waals surface area (Å²) in [6.07, 6.45) is -4.26. The monoisotopic (exact) mass is 334 g/mol. The first-order chi connectivity index (χ1) is 11.2. The van der Waals surface area contributed by atoms with Crippen LogP contribution >= 0.6 is 0 Å². The Labute approximate surface area is 140 Å². The van der Waals surface area contributed by atoms with Crippen LogP contribution in [0, 0.1) is 0 Å². The molecule has 2 aromatic rings. The molecule has 1 N–H and O–H groups in total. The summed E-state index contributed by atoms with van der Waals surface area (Å²) in [7, 11) is 1.52. The number of alkyl halides is 3. The molecule has 0 atom stereocenters. The summed E-state index contributed by atoms with van der Waals surface area (Å²) in [6, 6.07) is 9.40. The van der Waals surface area contributed by atoms with Gasteiger partial charge in [-0.2, -0.15) is 0 Å². The van der Waals surface area contributed by atoms with Gasteiger partial charge in [-0.1, -0.05) is 18.7 Å². The van der Waals surface area contributed by atoms with Gasteiger partial charge in [0.2, 0.25) is 0 Å². The Morgan fingerprint density at radius 1 is 1.12 bits per heavy atom. The Morgan fingerprint density at radius 3 is 2.17 bits per heavy atom. The number of methoxy groups -OCH3 is 1. The molecule has 0 spiro atoms. The Kier molecular flexibility index (Phi) is 6.83. The molecule has 24 heavy (non-hydrogen) atoms. The van der Waals surface area contributed by atoms with Gasteiger partial charge in [-0.25, -0.2) is 0 Å².